The predicted octanol–water partition coefficient (Wildman–Crippen LogP) is 7.49. The summed E-state index contributed by atoms with van der Waals surface area (Å²) in [6, 6.07) is 33.1. The SMILES string of the molecule is Cc1ccc(N=C(c2ccc(Br)cc2)N(C(=O)c2ccccc2)c2ccc(C)cc2)cc1. The van der Waals surface area contributed by atoms with Gasteiger partial charge in [-0.15, -0.1) is 0 Å². The van der Waals surface area contributed by atoms with E-state index in [1.807, 2.05) is 117 Å². The number of amidine groups is 1. The lowest BCUT2D eigenvalue weighted by Crippen LogP contribution is -2.37. The Morgan fingerprint density at radius 2 is 1.25 bits per heavy atom. The number of nitrogens with zero attached hydrogens (tertiary/aromatic N) is 2. The lowest BCUT2D eigenvalue weighted by Gasteiger charge is -2.25. The number of hydrogen-bond donors (Lipinski definition) is 0. The summed E-state index contributed by atoms with van der Waals surface area (Å²) in [5, 5.41) is 0. The summed E-state index contributed by atoms with van der Waals surface area (Å²) in [5.41, 5.74) is 5.27. The Hall–Kier alpha value is -3.50. The third-order valence-electron chi connectivity index (χ3n) is 5.10. The van der Waals surface area contributed by atoms with Crippen molar-refractivity contribution in [3.8, 4) is 0 Å². The van der Waals surface area contributed by atoms with E-state index in [9.17, 15) is 4.79 Å². The van der Waals surface area contributed by atoms with Crippen molar-refractivity contribution in [3.63, 3.8) is 0 Å². The van der Waals surface area contributed by atoms with Crippen molar-refractivity contribution in [2.75, 3.05) is 4.90 Å². The van der Waals surface area contributed by atoms with Gasteiger partial charge in [0.25, 0.3) is 5.91 Å². The summed E-state index contributed by atoms with van der Waals surface area (Å²) < 4.78 is 0.965. The van der Waals surface area contributed by atoms with Gasteiger partial charge in [-0.1, -0.05) is 81.7 Å². The van der Waals surface area contributed by atoms with Crippen LogP contribution in [0.15, 0.2) is 113 Å². The summed E-state index contributed by atoms with van der Waals surface area (Å²) in [4.78, 5) is 20.4. The van der Waals surface area contributed by atoms with Crippen LogP contribution in [0.2, 0.25) is 0 Å². The number of rotatable bonds is 4. The first-order chi connectivity index (χ1) is 15.5. The first-order valence-electron chi connectivity index (χ1n) is 10.4. The van der Waals surface area contributed by atoms with Crippen LogP contribution in [0.3, 0.4) is 0 Å². The van der Waals surface area contributed by atoms with E-state index >= 15 is 0 Å². The van der Waals surface area contributed by atoms with Gasteiger partial charge in [-0.25, -0.2) is 4.99 Å². The van der Waals surface area contributed by atoms with E-state index in [0.29, 0.717) is 11.4 Å². The van der Waals surface area contributed by atoms with Crippen molar-refractivity contribution in [2.24, 2.45) is 4.99 Å². The van der Waals surface area contributed by atoms with E-state index < -0.39 is 0 Å². The van der Waals surface area contributed by atoms with E-state index in [1.165, 1.54) is 0 Å². The number of hydrogen-bond acceptors (Lipinski definition) is 2. The quantitative estimate of drug-likeness (QED) is 0.219. The molecule has 0 fully saturated rings. The molecule has 158 valence electrons. The van der Waals surface area contributed by atoms with Gasteiger partial charge in [-0.2, -0.15) is 0 Å². The number of amides is 1. The van der Waals surface area contributed by atoms with Gasteiger partial charge in [0, 0.05) is 15.6 Å². The molecule has 0 saturated carbocycles. The van der Waals surface area contributed by atoms with Gasteiger partial charge in [0.05, 0.1) is 11.4 Å². The Labute approximate surface area is 197 Å². The van der Waals surface area contributed by atoms with Gasteiger partial charge < -0.3 is 0 Å². The molecule has 0 unspecified atom stereocenters. The standard InChI is InChI=1S/C28H23BrN2O/c1-20-8-16-25(17-9-20)30-27(22-12-14-24(29)15-13-22)31(26-18-10-21(2)11-19-26)28(32)23-6-4-3-5-7-23/h3-19H,1-2H3. The maximum atomic E-state index is 13.8. The molecule has 0 aliphatic heterocycles. The molecule has 0 aliphatic rings. The molecule has 0 spiro atoms. The van der Waals surface area contributed by atoms with Crippen molar-refractivity contribution in [3.05, 3.63) is 130 Å². The van der Waals surface area contributed by atoms with Crippen LogP contribution in [-0.2, 0) is 0 Å². The van der Waals surface area contributed by atoms with Crippen LogP contribution in [0.1, 0.15) is 27.0 Å². The molecular weight excluding hydrogens is 460 g/mol. The van der Waals surface area contributed by atoms with Crippen molar-refractivity contribution < 1.29 is 4.79 Å². The second-order valence-corrected chi connectivity index (χ2v) is 8.54. The van der Waals surface area contributed by atoms with Crippen molar-refractivity contribution in [1.29, 1.82) is 0 Å². The fraction of sp³-hybridized carbons (Fsp3) is 0.0714. The number of benzene rings is 4. The molecule has 0 radical (unpaired) electrons. The monoisotopic (exact) mass is 482 g/mol. The molecule has 0 atom stereocenters. The molecule has 4 aromatic rings. The minimum absolute atomic E-state index is 0.136. The zero-order valence-corrected chi connectivity index (χ0v) is 19.6. The molecule has 4 heteroatoms. The molecule has 0 aromatic heterocycles. The van der Waals surface area contributed by atoms with Crippen molar-refractivity contribution in [2.45, 2.75) is 13.8 Å². The third-order valence-corrected chi connectivity index (χ3v) is 5.63. The van der Waals surface area contributed by atoms with E-state index in [2.05, 4.69) is 15.9 Å². The summed E-state index contributed by atoms with van der Waals surface area (Å²) in [6.07, 6.45) is 0. The summed E-state index contributed by atoms with van der Waals surface area (Å²) in [5.74, 6) is 0.433. The number of aryl methyl sites for hydroxylation is 2. The summed E-state index contributed by atoms with van der Waals surface area (Å²) >= 11 is 3.50. The first-order valence-corrected chi connectivity index (χ1v) is 11.2. The van der Waals surface area contributed by atoms with Gasteiger partial charge >= 0.3 is 0 Å². The first kappa shape index (κ1) is 21.7. The molecule has 4 rings (SSSR count). The van der Waals surface area contributed by atoms with E-state index in [-0.39, 0.29) is 5.91 Å². The lowest BCUT2D eigenvalue weighted by molar-refractivity contribution is 0.100. The van der Waals surface area contributed by atoms with Crippen molar-refractivity contribution in [1.82, 2.24) is 0 Å². The molecule has 32 heavy (non-hydrogen) atoms. The zero-order chi connectivity index (χ0) is 22.5. The maximum absolute atomic E-state index is 13.8. The summed E-state index contributed by atoms with van der Waals surface area (Å²) in [6.45, 7) is 4.07. The predicted molar refractivity (Wildman–Crippen MR) is 136 cm³/mol. The summed E-state index contributed by atoms with van der Waals surface area (Å²) in [7, 11) is 0. The van der Waals surface area contributed by atoms with Crippen LogP contribution in [0, 0.1) is 13.8 Å². The highest BCUT2D eigenvalue weighted by atomic mass is 79.9. The van der Waals surface area contributed by atoms with E-state index in [1.54, 1.807) is 4.90 Å². The molecule has 0 bridgehead atoms. The Kier molecular flexibility index (Phi) is 6.62. The largest absolute Gasteiger partial charge is 0.268 e. The molecule has 0 N–H and O–H groups in total. The van der Waals surface area contributed by atoms with E-state index in [0.717, 1.165) is 32.5 Å². The highest BCUT2D eigenvalue weighted by molar-refractivity contribution is 9.10. The van der Waals surface area contributed by atoms with Crippen LogP contribution >= 0.6 is 15.9 Å². The maximum Gasteiger partial charge on any atom is 0.264 e. The Morgan fingerprint density at radius 3 is 1.84 bits per heavy atom. The van der Waals surface area contributed by atoms with Gasteiger partial charge in [-0.3, -0.25) is 9.69 Å². The van der Waals surface area contributed by atoms with Crippen LogP contribution in [0.4, 0.5) is 11.4 Å². The molecule has 0 heterocycles. The minimum Gasteiger partial charge on any atom is -0.268 e. The topological polar surface area (TPSA) is 32.7 Å². The van der Waals surface area contributed by atoms with Gasteiger partial charge in [0.2, 0.25) is 0 Å². The van der Waals surface area contributed by atoms with Crippen LogP contribution in [0.25, 0.3) is 0 Å². The van der Waals surface area contributed by atoms with Gasteiger partial charge in [0.1, 0.15) is 5.84 Å². The third kappa shape index (κ3) is 5.04. The number of halogens is 1. The number of anilines is 1. The smallest absolute Gasteiger partial charge is 0.264 e. The molecule has 0 saturated heterocycles. The molecule has 4 aromatic carbocycles. The van der Waals surface area contributed by atoms with E-state index in [4.69, 9.17) is 4.99 Å². The molecule has 3 nitrogen and oxygen atoms in total. The number of aliphatic imine (C=N–C) groups is 1. The number of carbonyl (C=O) groups is 1. The van der Waals surface area contributed by atoms with Crippen LogP contribution in [-0.4, -0.2) is 11.7 Å². The Bertz CT molecular complexity index is 1230. The second kappa shape index (κ2) is 9.75. The van der Waals surface area contributed by atoms with Gasteiger partial charge in [0.15, 0.2) is 0 Å². The normalized spacial score (nSPS) is 11.3. The molecule has 1 amide bonds. The zero-order valence-electron chi connectivity index (χ0n) is 18.0. The minimum atomic E-state index is -0.136. The molecule has 0 aliphatic carbocycles. The average molecular weight is 483 g/mol. The fourth-order valence-electron chi connectivity index (χ4n) is 3.32. The Morgan fingerprint density at radius 1 is 0.688 bits per heavy atom. The van der Waals surface area contributed by atoms with Crippen LogP contribution < -0.4 is 4.90 Å². The van der Waals surface area contributed by atoms with Crippen LogP contribution in [0.5, 0.6) is 0 Å². The van der Waals surface area contributed by atoms with Gasteiger partial charge in [-0.05, 0) is 62.4 Å². The lowest BCUT2D eigenvalue weighted by atomic mass is 10.1. The van der Waals surface area contributed by atoms with Crippen molar-refractivity contribution >= 4 is 39.0 Å². The average Bonchev–Trinajstić information content (AvgIpc) is 2.82. The second-order valence-electron chi connectivity index (χ2n) is 7.62. The fourth-order valence-corrected chi connectivity index (χ4v) is 3.59. The highest BCUT2D eigenvalue weighted by Crippen LogP contribution is 2.25. The highest BCUT2D eigenvalue weighted by Gasteiger charge is 2.24. The molecular formula is C28H23BrN2O. The Balaban J connectivity index is 1.93. The number of carbonyl (C=O) groups excluding carboxylic acids is 1.